The molecule has 13 heavy (non-hydrogen) atoms. The van der Waals surface area contributed by atoms with Crippen molar-refractivity contribution in [1.82, 2.24) is 0 Å². The highest BCUT2D eigenvalue weighted by molar-refractivity contribution is 7.91. The highest BCUT2D eigenvalue weighted by atomic mass is 32.2. The van der Waals surface area contributed by atoms with Crippen LogP contribution in [0.25, 0.3) is 0 Å². The molecule has 0 N–H and O–H groups in total. The van der Waals surface area contributed by atoms with Gasteiger partial charge >= 0.3 is 0 Å². The van der Waals surface area contributed by atoms with Crippen LogP contribution in [0.5, 0.6) is 5.75 Å². The van der Waals surface area contributed by atoms with E-state index >= 15 is 0 Å². The minimum Gasteiger partial charge on any atom is -0.495 e. The maximum atomic E-state index is 11.5. The fraction of sp³-hybridized carbons (Fsp3) is 0.333. The van der Waals surface area contributed by atoms with E-state index in [-0.39, 0.29) is 10.6 Å². The zero-order valence-corrected chi connectivity index (χ0v) is 8.39. The molecule has 1 aromatic carbocycles. The minimum atomic E-state index is -3.19. The lowest BCUT2D eigenvalue weighted by Crippen LogP contribution is -2.05. The van der Waals surface area contributed by atoms with E-state index in [2.05, 4.69) is 6.07 Å². The molecule has 0 amide bonds. The van der Waals surface area contributed by atoms with Crippen molar-refractivity contribution >= 4 is 9.84 Å². The Bertz CT molecular complexity index is 382. The lowest BCUT2D eigenvalue weighted by atomic mass is 10.3. The first-order valence-electron chi connectivity index (χ1n) is 3.88. The number of hydrogen-bond acceptors (Lipinski definition) is 3. The molecule has 0 unspecified atom stereocenters. The van der Waals surface area contributed by atoms with Crippen molar-refractivity contribution in [1.29, 1.82) is 0 Å². The Labute approximate surface area is 78.3 Å². The third-order valence-corrected chi connectivity index (χ3v) is 3.49. The topological polar surface area (TPSA) is 43.4 Å². The Hall–Kier alpha value is -1.03. The van der Waals surface area contributed by atoms with Crippen LogP contribution in [0.2, 0.25) is 0 Å². The first kappa shape index (κ1) is 10.1. The fourth-order valence-corrected chi connectivity index (χ4v) is 2.01. The smallest absolute Gasteiger partial charge is 0.181 e. The molecule has 3 nitrogen and oxygen atoms in total. The predicted molar refractivity (Wildman–Crippen MR) is 49.6 cm³/mol. The molecule has 0 bridgehead atoms. The summed E-state index contributed by atoms with van der Waals surface area (Å²) in [4.78, 5) is 0.233. The van der Waals surface area contributed by atoms with Crippen molar-refractivity contribution in [3.63, 3.8) is 0 Å². The van der Waals surface area contributed by atoms with Gasteiger partial charge in [-0.2, -0.15) is 0 Å². The van der Waals surface area contributed by atoms with E-state index in [9.17, 15) is 8.42 Å². The van der Waals surface area contributed by atoms with Crippen molar-refractivity contribution in [3.05, 3.63) is 24.3 Å². The second-order valence-electron chi connectivity index (χ2n) is 2.48. The van der Waals surface area contributed by atoms with Crippen LogP contribution < -0.4 is 4.74 Å². The molecule has 0 atom stereocenters. The van der Waals surface area contributed by atoms with Crippen LogP contribution in [-0.4, -0.2) is 21.3 Å². The van der Waals surface area contributed by atoms with Gasteiger partial charge in [0, 0.05) is 0 Å². The molecule has 71 valence electrons. The van der Waals surface area contributed by atoms with Gasteiger partial charge in [0.25, 0.3) is 0 Å². The van der Waals surface area contributed by atoms with Crippen molar-refractivity contribution in [3.8, 4) is 5.75 Å². The van der Waals surface area contributed by atoms with Crippen LogP contribution in [-0.2, 0) is 9.84 Å². The van der Waals surface area contributed by atoms with Gasteiger partial charge in [0.2, 0.25) is 0 Å². The highest BCUT2D eigenvalue weighted by Gasteiger charge is 2.15. The number of methoxy groups -OCH3 is 1. The van der Waals surface area contributed by atoms with Gasteiger partial charge in [0.1, 0.15) is 10.6 Å². The third-order valence-electron chi connectivity index (χ3n) is 1.72. The number of ether oxygens (including phenoxy) is 1. The molecule has 0 saturated carbocycles. The van der Waals surface area contributed by atoms with E-state index in [4.69, 9.17) is 4.74 Å². The summed E-state index contributed by atoms with van der Waals surface area (Å²) < 4.78 is 27.9. The molecular formula is C9H11O3S. The first-order valence-corrected chi connectivity index (χ1v) is 5.54. The highest BCUT2D eigenvalue weighted by Crippen LogP contribution is 2.23. The third kappa shape index (κ3) is 2.01. The summed E-state index contributed by atoms with van der Waals surface area (Å²) in [7, 11) is -1.74. The summed E-state index contributed by atoms with van der Waals surface area (Å²) in [6.07, 6.45) is 0. The lowest BCUT2D eigenvalue weighted by Gasteiger charge is -2.06. The maximum Gasteiger partial charge on any atom is 0.181 e. The first-order chi connectivity index (χ1) is 6.11. The average Bonchev–Trinajstić information content (AvgIpc) is 2.18. The molecule has 0 aliphatic heterocycles. The molecule has 0 aromatic heterocycles. The molecule has 1 aromatic rings. The molecule has 0 spiro atoms. The molecular weight excluding hydrogens is 188 g/mol. The number of rotatable bonds is 3. The van der Waals surface area contributed by atoms with E-state index in [1.807, 2.05) is 0 Å². The summed E-state index contributed by atoms with van der Waals surface area (Å²) in [6, 6.07) is 7.33. The lowest BCUT2D eigenvalue weighted by molar-refractivity contribution is 0.402. The summed E-state index contributed by atoms with van der Waals surface area (Å²) in [5.41, 5.74) is 0. The molecule has 0 heterocycles. The van der Waals surface area contributed by atoms with Gasteiger partial charge in [0.05, 0.1) is 12.9 Å². The Kier molecular flexibility index (Phi) is 2.93. The number of benzene rings is 1. The Morgan fingerprint density at radius 2 is 2.23 bits per heavy atom. The predicted octanol–water partition coefficient (Wildman–Crippen LogP) is 1.29. The molecule has 0 aliphatic rings. The van der Waals surface area contributed by atoms with Gasteiger partial charge in [-0.25, -0.2) is 8.42 Å². The van der Waals surface area contributed by atoms with Crippen LogP contribution in [0, 0.1) is 6.07 Å². The van der Waals surface area contributed by atoms with E-state index in [0.29, 0.717) is 5.75 Å². The van der Waals surface area contributed by atoms with E-state index in [1.54, 1.807) is 13.0 Å². The molecule has 0 fully saturated rings. The number of sulfone groups is 1. The largest absolute Gasteiger partial charge is 0.495 e. The number of hydrogen-bond donors (Lipinski definition) is 0. The van der Waals surface area contributed by atoms with Crippen molar-refractivity contribution in [2.75, 3.05) is 12.9 Å². The Morgan fingerprint density at radius 1 is 1.54 bits per heavy atom. The summed E-state index contributed by atoms with van der Waals surface area (Å²) in [5, 5.41) is 0. The van der Waals surface area contributed by atoms with Crippen molar-refractivity contribution in [2.45, 2.75) is 11.8 Å². The molecule has 4 heteroatoms. The van der Waals surface area contributed by atoms with Crippen molar-refractivity contribution < 1.29 is 13.2 Å². The zero-order chi connectivity index (χ0) is 9.90. The van der Waals surface area contributed by atoms with Gasteiger partial charge in [-0.1, -0.05) is 13.0 Å². The second-order valence-corrected chi connectivity index (χ2v) is 4.73. The second kappa shape index (κ2) is 3.79. The van der Waals surface area contributed by atoms with Crippen LogP contribution >= 0.6 is 0 Å². The standard InChI is InChI=1S/C9H11O3S/c1-3-13(10,11)9-7-5-4-6-8(9)12-2/h5-7H,3H2,1-2H3. The average molecular weight is 199 g/mol. The van der Waals surface area contributed by atoms with Gasteiger partial charge in [-0.05, 0) is 18.2 Å². The summed E-state index contributed by atoms with van der Waals surface area (Å²) in [5.74, 6) is 0.428. The monoisotopic (exact) mass is 199 g/mol. The van der Waals surface area contributed by atoms with Crippen LogP contribution in [0.1, 0.15) is 6.92 Å². The Morgan fingerprint density at radius 3 is 2.77 bits per heavy atom. The van der Waals surface area contributed by atoms with Crippen LogP contribution in [0.15, 0.2) is 23.1 Å². The van der Waals surface area contributed by atoms with Gasteiger partial charge in [-0.3, -0.25) is 0 Å². The van der Waals surface area contributed by atoms with Gasteiger partial charge in [0.15, 0.2) is 9.84 Å². The van der Waals surface area contributed by atoms with Gasteiger partial charge < -0.3 is 4.74 Å². The SMILES string of the molecule is CCS(=O)(=O)c1cc[c]cc1OC. The normalized spacial score (nSPS) is 11.2. The zero-order valence-electron chi connectivity index (χ0n) is 7.57. The van der Waals surface area contributed by atoms with Crippen molar-refractivity contribution in [2.24, 2.45) is 0 Å². The van der Waals surface area contributed by atoms with E-state index in [1.165, 1.54) is 19.2 Å². The van der Waals surface area contributed by atoms with E-state index < -0.39 is 9.84 Å². The Balaban J connectivity index is 3.29. The molecule has 0 saturated heterocycles. The minimum absolute atomic E-state index is 0.0768. The summed E-state index contributed by atoms with van der Waals surface area (Å²) in [6.45, 7) is 1.60. The van der Waals surface area contributed by atoms with Gasteiger partial charge in [-0.15, -0.1) is 0 Å². The molecule has 0 aliphatic carbocycles. The molecule has 1 rings (SSSR count). The summed E-state index contributed by atoms with van der Waals surface area (Å²) >= 11 is 0. The quantitative estimate of drug-likeness (QED) is 0.736. The fourth-order valence-electron chi connectivity index (χ4n) is 0.973. The van der Waals surface area contributed by atoms with Crippen LogP contribution in [0.3, 0.4) is 0 Å². The van der Waals surface area contributed by atoms with E-state index in [0.717, 1.165) is 0 Å². The maximum absolute atomic E-state index is 11.5. The molecule has 1 radical (unpaired) electrons. The van der Waals surface area contributed by atoms with Crippen LogP contribution in [0.4, 0.5) is 0 Å².